The smallest absolute Gasteiger partial charge is 0.224 e. The van der Waals surface area contributed by atoms with Crippen molar-refractivity contribution in [2.45, 2.75) is 33.1 Å². The molecule has 0 spiro atoms. The molecular weight excluding hydrogens is 301 g/mol. The molecule has 1 heterocycles. The van der Waals surface area contributed by atoms with Crippen LogP contribution in [0.4, 0.5) is 10.1 Å². The summed E-state index contributed by atoms with van der Waals surface area (Å²) >= 11 is 6.29. The van der Waals surface area contributed by atoms with E-state index in [1.54, 1.807) is 18.2 Å². The van der Waals surface area contributed by atoms with Crippen LogP contribution in [0.15, 0.2) is 36.4 Å². The molecule has 0 fully saturated rings. The molecule has 116 valence electrons. The van der Waals surface area contributed by atoms with Gasteiger partial charge in [0.05, 0.1) is 0 Å². The Labute approximate surface area is 135 Å². The molecule has 0 aliphatic carbocycles. The second kappa shape index (κ2) is 7.41. The van der Waals surface area contributed by atoms with Crippen molar-refractivity contribution in [2.75, 3.05) is 5.32 Å². The topological polar surface area (TPSA) is 29.1 Å². The lowest BCUT2D eigenvalue weighted by Gasteiger charge is -2.21. The lowest BCUT2D eigenvalue weighted by Crippen LogP contribution is -2.20. The number of fused-ring (bicyclic) bond motifs is 1. The average molecular weight is 320 g/mol. The van der Waals surface area contributed by atoms with Crippen LogP contribution in [-0.4, -0.2) is 5.91 Å². The van der Waals surface area contributed by atoms with E-state index in [9.17, 15) is 9.18 Å². The third-order valence-corrected chi connectivity index (χ3v) is 3.90. The molecule has 1 amide bonds. The van der Waals surface area contributed by atoms with E-state index in [0.717, 1.165) is 22.4 Å². The van der Waals surface area contributed by atoms with Gasteiger partial charge >= 0.3 is 0 Å². The highest BCUT2D eigenvalue weighted by Crippen LogP contribution is 2.32. The molecule has 2 nitrogen and oxygen atoms in total. The number of benzene rings is 2. The Morgan fingerprint density at radius 3 is 2.45 bits per heavy atom. The summed E-state index contributed by atoms with van der Waals surface area (Å²) in [4.78, 5) is 11.4. The average Bonchev–Trinajstić information content (AvgIpc) is 2.54. The largest absolute Gasteiger partial charge is 0.326 e. The molecule has 4 heteroatoms. The molecular formula is C18H19ClFNO. The van der Waals surface area contributed by atoms with Gasteiger partial charge in [-0.3, -0.25) is 4.79 Å². The first kappa shape index (κ1) is 16.5. The molecule has 2 aromatic carbocycles. The number of rotatable bonds is 2. The van der Waals surface area contributed by atoms with Crippen LogP contribution >= 0.6 is 11.6 Å². The Balaban J connectivity index is 0.000000847. The second-order valence-corrected chi connectivity index (χ2v) is 5.31. The molecule has 1 aliphatic rings. The molecule has 1 N–H and O–H groups in total. The Morgan fingerprint density at radius 1 is 1.09 bits per heavy atom. The Morgan fingerprint density at radius 2 is 1.77 bits per heavy atom. The van der Waals surface area contributed by atoms with Gasteiger partial charge in [-0.1, -0.05) is 37.6 Å². The van der Waals surface area contributed by atoms with Gasteiger partial charge in [-0.25, -0.2) is 4.39 Å². The van der Waals surface area contributed by atoms with E-state index >= 15 is 0 Å². The van der Waals surface area contributed by atoms with Crippen LogP contribution in [0.3, 0.4) is 0 Å². The van der Waals surface area contributed by atoms with E-state index in [4.69, 9.17) is 11.6 Å². The second-order valence-electron chi connectivity index (χ2n) is 4.90. The fourth-order valence-electron chi connectivity index (χ4n) is 2.52. The summed E-state index contributed by atoms with van der Waals surface area (Å²) in [6, 6.07) is 10.0. The van der Waals surface area contributed by atoms with Crippen molar-refractivity contribution >= 4 is 23.2 Å². The third-order valence-electron chi connectivity index (χ3n) is 3.54. The van der Waals surface area contributed by atoms with Crippen LogP contribution in [0.5, 0.6) is 0 Å². The standard InChI is InChI=1S/C16H13ClFNO.C2H6/c17-14-6-7-15-12(5-8-16(20)19-15)13(14)9-10-1-3-11(18)4-2-10;1-2/h1-4,6-7H,5,8-9H2,(H,19,20);1-2H3. The van der Waals surface area contributed by atoms with Gasteiger partial charge in [0.1, 0.15) is 5.82 Å². The van der Waals surface area contributed by atoms with Crippen LogP contribution < -0.4 is 5.32 Å². The summed E-state index contributed by atoms with van der Waals surface area (Å²) in [5.41, 5.74) is 3.93. The first-order valence-electron chi connectivity index (χ1n) is 7.48. The van der Waals surface area contributed by atoms with Crippen molar-refractivity contribution < 1.29 is 9.18 Å². The summed E-state index contributed by atoms with van der Waals surface area (Å²) in [5, 5.41) is 3.55. The predicted molar refractivity (Wildman–Crippen MR) is 89.0 cm³/mol. The molecule has 0 unspecified atom stereocenters. The van der Waals surface area contributed by atoms with E-state index in [1.807, 2.05) is 19.9 Å². The molecule has 1 aliphatic heterocycles. The molecule has 3 rings (SSSR count). The van der Waals surface area contributed by atoms with Crippen molar-refractivity contribution in [1.82, 2.24) is 0 Å². The lowest BCUT2D eigenvalue weighted by molar-refractivity contribution is -0.116. The quantitative estimate of drug-likeness (QED) is 0.831. The minimum Gasteiger partial charge on any atom is -0.326 e. The van der Waals surface area contributed by atoms with Crippen molar-refractivity contribution in [2.24, 2.45) is 0 Å². The predicted octanol–water partition coefficient (Wildman–Crippen LogP) is 4.98. The molecule has 0 aromatic heterocycles. The van der Waals surface area contributed by atoms with Gasteiger partial charge in [-0.05, 0) is 53.8 Å². The normalized spacial score (nSPS) is 12.8. The summed E-state index contributed by atoms with van der Waals surface area (Å²) in [6.45, 7) is 4.00. The zero-order valence-electron chi connectivity index (χ0n) is 12.7. The fraction of sp³-hybridized carbons (Fsp3) is 0.278. The summed E-state index contributed by atoms with van der Waals surface area (Å²) < 4.78 is 12.9. The Hall–Kier alpha value is -1.87. The van der Waals surface area contributed by atoms with Gasteiger partial charge in [0, 0.05) is 17.1 Å². The number of halogens is 2. The van der Waals surface area contributed by atoms with Crippen LogP contribution in [0.2, 0.25) is 5.02 Å². The van der Waals surface area contributed by atoms with Crippen LogP contribution in [-0.2, 0) is 17.6 Å². The first-order chi connectivity index (χ1) is 10.6. The first-order valence-corrected chi connectivity index (χ1v) is 7.86. The highest BCUT2D eigenvalue weighted by atomic mass is 35.5. The van der Waals surface area contributed by atoms with E-state index < -0.39 is 0 Å². The molecule has 0 atom stereocenters. The van der Waals surface area contributed by atoms with E-state index in [0.29, 0.717) is 24.3 Å². The molecule has 0 bridgehead atoms. The molecule has 0 saturated carbocycles. The molecule has 22 heavy (non-hydrogen) atoms. The SMILES string of the molecule is CC.O=C1CCc2c(ccc(Cl)c2Cc2ccc(F)cc2)N1. The number of carbonyl (C=O) groups is 1. The van der Waals surface area contributed by atoms with Gasteiger partial charge in [-0.15, -0.1) is 0 Å². The highest BCUT2D eigenvalue weighted by Gasteiger charge is 2.19. The number of hydrogen-bond donors (Lipinski definition) is 1. The minimum absolute atomic E-state index is 0.0348. The molecule has 0 radical (unpaired) electrons. The lowest BCUT2D eigenvalue weighted by atomic mass is 9.93. The molecule has 2 aromatic rings. The third kappa shape index (κ3) is 3.66. The fourth-order valence-corrected chi connectivity index (χ4v) is 2.76. The highest BCUT2D eigenvalue weighted by molar-refractivity contribution is 6.31. The van der Waals surface area contributed by atoms with E-state index in [2.05, 4.69) is 5.32 Å². The van der Waals surface area contributed by atoms with Gasteiger partial charge in [0.2, 0.25) is 5.91 Å². The summed E-state index contributed by atoms with van der Waals surface area (Å²) in [7, 11) is 0. The zero-order valence-corrected chi connectivity index (χ0v) is 13.5. The van der Waals surface area contributed by atoms with Crippen molar-refractivity contribution in [3.8, 4) is 0 Å². The van der Waals surface area contributed by atoms with Gasteiger partial charge in [0.15, 0.2) is 0 Å². The van der Waals surface area contributed by atoms with Crippen LogP contribution in [0, 0.1) is 5.82 Å². The summed E-state index contributed by atoms with van der Waals surface area (Å²) in [5.74, 6) is -0.213. The Bertz CT molecular complexity index is 668. The number of anilines is 1. The van der Waals surface area contributed by atoms with Gasteiger partial charge in [-0.2, -0.15) is 0 Å². The molecule has 0 saturated heterocycles. The maximum absolute atomic E-state index is 12.9. The maximum Gasteiger partial charge on any atom is 0.224 e. The number of carbonyl (C=O) groups excluding carboxylic acids is 1. The van der Waals surface area contributed by atoms with Crippen LogP contribution in [0.1, 0.15) is 37.0 Å². The van der Waals surface area contributed by atoms with Crippen molar-refractivity contribution in [3.63, 3.8) is 0 Å². The number of nitrogens with one attached hydrogen (secondary N) is 1. The number of hydrogen-bond acceptors (Lipinski definition) is 1. The monoisotopic (exact) mass is 319 g/mol. The van der Waals surface area contributed by atoms with Gasteiger partial charge in [0.25, 0.3) is 0 Å². The van der Waals surface area contributed by atoms with E-state index in [1.165, 1.54) is 12.1 Å². The van der Waals surface area contributed by atoms with E-state index in [-0.39, 0.29) is 11.7 Å². The van der Waals surface area contributed by atoms with Crippen LogP contribution in [0.25, 0.3) is 0 Å². The van der Waals surface area contributed by atoms with Crippen molar-refractivity contribution in [3.05, 3.63) is 63.9 Å². The zero-order chi connectivity index (χ0) is 16.1. The summed E-state index contributed by atoms with van der Waals surface area (Å²) in [6.07, 6.45) is 1.81. The van der Waals surface area contributed by atoms with Gasteiger partial charge < -0.3 is 5.32 Å². The van der Waals surface area contributed by atoms with Crippen molar-refractivity contribution in [1.29, 1.82) is 0 Å². The Kier molecular flexibility index (Phi) is 5.56. The minimum atomic E-state index is -0.248. The maximum atomic E-state index is 12.9. The number of amides is 1.